The maximum atomic E-state index is 13.6. The molecule has 3 N–H and O–H groups in total. The van der Waals surface area contributed by atoms with Gasteiger partial charge in [-0.25, -0.2) is 10.2 Å². The Bertz CT molecular complexity index is 717. The number of hydrogen-bond acceptors (Lipinski definition) is 4. The Hall–Kier alpha value is -2.86. The zero-order valence-corrected chi connectivity index (χ0v) is 12.6. The molecule has 0 heterocycles. The Morgan fingerprint density at radius 2 is 2.04 bits per heavy atom. The van der Waals surface area contributed by atoms with E-state index in [9.17, 15) is 9.18 Å². The second kappa shape index (κ2) is 7.95. The molecule has 0 aliphatic carbocycles. The van der Waals surface area contributed by atoms with Crippen molar-refractivity contribution in [3.05, 3.63) is 65.5 Å². The lowest BCUT2D eigenvalue weighted by Crippen LogP contribution is -2.27. The molecule has 6 heteroatoms. The molecule has 0 atom stereocenters. The van der Waals surface area contributed by atoms with Gasteiger partial charge >= 0.3 is 0 Å². The fourth-order valence-corrected chi connectivity index (χ4v) is 1.90. The van der Waals surface area contributed by atoms with E-state index in [1.165, 1.54) is 19.3 Å². The van der Waals surface area contributed by atoms with Crippen molar-refractivity contribution in [2.45, 2.75) is 6.61 Å². The van der Waals surface area contributed by atoms with Crippen LogP contribution in [0.2, 0.25) is 0 Å². The molecule has 0 aliphatic rings. The SMILES string of the molecule is COc1cc(/C=C/C(=O)NN)ccc1OCc1ccccc1F. The molecule has 0 radical (unpaired) electrons. The van der Waals surface area contributed by atoms with Crippen LogP contribution in [0, 0.1) is 5.82 Å². The molecular weight excluding hydrogens is 299 g/mol. The molecule has 0 saturated carbocycles. The number of hydrazine groups is 1. The molecule has 5 nitrogen and oxygen atoms in total. The van der Waals surface area contributed by atoms with E-state index in [0.717, 1.165) is 5.56 Å². The summed E-state index contributed by atoms with van der Waals surface area (Å²) in [6, 6.07) is 11.6. The van der Waals surface area contributed by atoms with Gasteiger partial charge in [-0.1, -0.05) is 24.3 Å². The summed E-state index contributed by atoms with van der Waals surface area (Å²) < 4.78 is 24.4. The van der Waals surface area contributed by atoms with E-state index in [2.05, 4.69) is 0 Å². The summed E-state index contributed by atoms with van der Waals surface area (Å²) in [4.78, 5) is 11.1. The molecule has 0 bridgehead atoms. The fourth-order valence-electron chi connectivity index (χ4n) is 1.90. The van der Waals surface area contributed by atoms with Gasteiger partial charge in [-0.2, -0.15) is 0 Å². The summed E-state index contributed by atoms with van der Waals surface area (Å²) in [5.74, 6) is 5.23. The Morgan fingerprint density at radius 3 is 2.74 bits per heavy atom. The predicted octanol–water partition coefficient (Wildman–Crippen LogP) is 2.42. The lowest BCUT2D eigenvalue weighted by atomic mass is 10.2. The van der Waals surface area contributed by atoms with Gasteiger partial charge in [0.05, 0.1) is 7.11 Å². The van der Waals surface area contributed by atoms with Crippen LogP contribution in [-0.4, -0.2) is 13.0 Å². The van der Waals surface area contributed by atoms with Crippen molar-refractivity contribution >= 4 is 12.0 Å². The summed E-state index contributed by atoms with van der Waals surface area (Å²) in [5.41, 5.74) is 3.20. The smallest absolute Gasteiger partial charge is 0.257 e. The van der Waals surface area contributed by atoms with Gasteiger partial charge in [0.15, 0.2) is 11.5 Å². The van der Waals surface area contributed by atoms with Crippen LogP contribution in [0.25, 0.3) is 6.08 Å². The molecule has 0 aliphatic heterocycles. The van der Waals surface area contributed by atoms with E-state index in [1.807, 2.05) is 5.43 Å². The third-order valence-electron chi connectivity index (χ3n) is 3.10. The minimum Gasteiger partial charge on any atom is -0.493 e. The van der Waals surface area contributed by atoms with Crippen molar-refractivity contribution in [1.29, 1.82) is 0 Å². The maximum absolute atomic E-state index is 13.6. The highest BCUT2D eigenvalue weighted by atomic mass is 19.1. The van der Waals surface area contributed by atoms with Crippen LogP contribution >= 0.6 is 0 Å². The van der Waals surface area contributed by atoms with E-state index in [1.54, 1.807) is 42.5 Å². The van der Waals surface area contributed by atoms with Gasteiger partial charge in [0.25, 0.3) is 5.91 Å². The van der Waals surface area contributed by atoms with Crippen LogP contribution in [0.1, 0.15) is 11.1 Å². The largest absolute Gasteiger partial charge is 0.493 e. The summed E-state index contributed by atoms with van der Waals surface area (Å²) >= 11 is 0. The maximum Gasteiger partial charge on any atom is 0.257 e. The van der Waals surface area contributed by atoms with Crippen molar-refractivity contribution in [1.82, 2.24) is 5.43 Å². The first-order valence-electron chi connectivity index (χ1n) is 6.87. The third-order valence-corrected chi connectivity index (χ3v) is 3.10. The van der Waals surface area contributed by atoms with Crippen LogP contribution in [0.15, 0.2) is 48.5 Å². The van der Waals surface area contributed by atoms with Gasteiger partial charge in [-0.3, -0.25) is 10.2 Å². The highest BCUT2D eigenvalue weighted by Gasteiger charge is 2.07. The second-order valence-electron chi connectivity index (χ2n) is 4.63. The Kier molecular flexibility index (Phi) is 5.71. The van der Waals surface area contributed by atoms with Crippen molar-refractivity contribution in [3.63, 3.8) is 0 Å². The van der Waals surface area contributed by atoms with Gasteiger partial charge < -0.3 is 9.47 Å². The van der Waals surface area contributed by atoms with E-state index in [4.69, 9.17) is 15.3 Å². The topological polar surface area (TPSA) is 73.6 Å². The lowest BCUT2D eigenvalue weighted by Gasteiger charge is -2.11. The normalized spacial score (nSPS) is 10.6. The average molecular weight is 316 g/mol. The van der Waals surface area contributed by atoms with Gasteiger partial charge in [0.1, 0.15) is 12.4 Å². The summed E-state index contributed by atoms with van der Waals surface area (Å²) in [5, 5.41) is 0. The Labute approximate surface area is 133 Å². The molecule has 0 fully saturated rings. The fraction of sp³-hybridized carbons (Fsp3) is 0.118. The molecule has 2 rings (SSSR count). The molecule has 2 aromatic carbocycles. The standard InChI is InChI=1S/C17H17FN2O3/c1-22-16-10-12(7-9-17(21)20-19)6-8-15(16)23-11-13-4-2-3-5-14(13)18/h2-10H,11,19H2,1H3,(H,20,21)/b9-7+. The van der Waals surface area contributed by atoms with Gasteiger partial charge in [-0.15, -0.1) is 0 Å². The number of nitrogens with two attached hydrogens (primary N) is 1. The van der Waals surface area contributed by atoms with E-state index < -0.39 is 5.91 Å². The van der Waals surface area contributed by atoms with Gasteiger partial charge in [0, 0.05) is 11.6 Å². The molecule has 23 heavy (non-hydrogen) atoms. The van der Waals surface area contributed by atoms with Crippen molar-refractivity contribution < 1.29 is 18.7 Å². The number of ether oxygens (including phenoxy) is 2. The number of nitrogens with one attached hydrogen (secondary N) is 1. The zero-order valence-electron chi connectivity index (χ0n) is 12.6. The predicted molar refractivity (Wildman–Crippen MR) is 85.1 cm³/mol. The highest BCUT2D eigenvalue weighted by molar-refractivity contribution is 5.91. The number of amides is 1. The quantitative estimate of drug-likeness (QED) is 0.371. The van der Waals surface area contributed by atoms with Crippen LogP contribution in [0.4, 0.5) is 4.39 Å². The number of rotatable bonds is 6. The van der Waals surface area contributed by atoms with Crippen molar-refractivity contribution in [2.75, 3.05) is 7.11 Å². The number of methoxy groups -OCH3 is 1. The van der Waals surface area contributed by atoms with Crippen LogP contribution in [0.5, 0.6) is 11.5 Å². The van der Waals surface area contributed by atoms with Crippen molar-refractivity contribution in [2.24, 2.45) is 5.84 Å². The first-order chi connectivity index (χ1) is 11.1. The van der Waals surface area contributed by atoms with Crippen LogP contribution < -0.4 is 20.7 Å². The molecule has 0 spiro atoms. The third kappa shape index (κ3) is 4.55. The number of carbonyl (C=O) groups is 1. The molecule has 1 amide bonds. The van der Waals surface area contributed by atoms with E-state index in [0.29, 0.717) is 17.1 Å². The number of halogens is 1. The van der Waals surface area contributed by atoms with Crippen LogP contribution in [-0.2, 0) is 11.4 Å². The first kappa shape index (κ1) is 16.5. The Balaban J connectivity index is 2.12. The monoisotopic (exact) mass is 316 g/mol. The first-order valence-corrected chi connectivity index (χ1v) is 6.87. The molecule has 0 aromatic heterocycles. The van der Waals surface area contributed by atoms with E-state index in [-0.39, 0.29) is 12.4 Å². The summed E-state index contributed by atoms with van der Waals surface area (Å²) in [6.45, 7) is 0.0911. The molecule has 120 valence electrons. The highest BCUT2D eigenvalue weighted by Crippen LogP contribution is 2.29. The Morgan fingerprint density at radius 1 is 1.26 bits per heavy atom. The number of hydrogen-bond donors (Lipinski definition) is 2. The molecule has 2 aromatic rings. The summed E-state index contributed by atoms with van der Waals surface area (Å²) in [7, 11) is 1.51. The van der Waals surface area contributed by atoms with Crippen LogP contribution in [0.3, 0.4) is 0 Å². The minimum atomic E-state index is -0.413. The van der Waals surface area contributed by atoms with Gasteiger partial charge in [-0.05, 0) is 29.8 Å². The number of benzene rings is 2. The zero-order chi connectivity index (χ0) is 16.7. The van der Waals surface area contributed by atoms with Crippen molar-refractivity contribution in [3.8, 4) is 11.5 Å². The molecule has 0 unspecified atom stereocenters. The lowest BCUT2D eigenvalue weighted by molar-refractivity contribution is -0.116. The molecular formula is C17H17FN2O3. The minimum absolute atomic E-state index is 0.0911. The van der Waals surface area contributed by atoms with Gasteiger partial charge in [0.2, 0.25) is 0 Å². The second-order valence-corrected chi connectivity index (χ2v) is 4.63. The average Bonchev–Trinajstić information content (AvgIpc) is 2.59. The summed E-state index contributed by atoms with van der Waals surface area (Å²) in [6.07, 6.45) is 2.89. The van der Waals surface area contributed by atoms with E-state index >= 15 is 0 Å². The molecule has 0 saturated heterocycles. The number of carbonyl (C=O) groups excluding carboxylic acids is 1.